The van der Waals surface area contributed by atoms with Crippen molar-refractivity contribution in [3.63, 3.8) is 0 Å². The maximum atomic E-state index is 7.44. The fourth-order valence-electron chi connectivity index (χ4n) is 1.89. The SMILES string of the molecule is CC.N=Cc1cc(Cl)c(Br)cc1Nc1cnn(C2CC2)c1. The second kappa shape index (κ2) is 7.09. The molecule has 1 aliphatic rings. The van der Waals surface area contributed by atoms with Crippen LogP contribution in [-0.4, -0.2) is 16.0 Å². The first-order chi connectivity index (χ1) is 10.2. The van der Waals surface area contributed by atoms with Gasteiger partial charge in [0.2, 0.25) is 0 Å². The summed E-state index contributed by atoms with van der Waals surface area (Å²) in [5.74, 6) is 0. The van der Waals surface area contributed by atoms with Gasteiger partial charge in [0.25, 0.3) is 0 Å². The Morgan fingerprint density at radius 3 is 2.76 bits per heavy atom. The van der Waals surface area contributed by atoms with Crippen LogP contribution in [-0.2, 0) is 0 Å². The van der Waals surface area contributed by atoms with Crippen LogP contribution in [0.15, 0.2) is 29.0 Å². The molecule has 1 aliphatic carbocycles. The van der Waals surface area contributed by atoms with E-state index in [4.69, 9.17) is 17.0 Å². The van der Waals surface area contributed by atoms with Gasteiger partial charge in [-0.3, -0.25) is 4.68 Å². The normalized spacial score (nSPS) is 13.3. The van der Waals surface area contributed by atoms with E-state index in [2.05, 4.69) is 26.3 Å². The van der Waals surface area contributed by atoms with Crippen molar-refractivity contribution >= 4 is 45.1 Å². The maximum Gasteiger partial charge on any atom is 0.0770 e. The van der Waals surface area contributed by atoms with E-state index < -0.39 is 0 Å². The topological polar surface area (TPSA) is 53.7 Å². The van der Waals surface area contributed by atoms with Crippen molar-refractivity contribution in [3.05, 3.63) is 39.6 Å². The van der Waals surface area contributed by atoms with Gasteiger partial charge in [-0.15, -0.1) is 0 Å². The van der Waals surface area contributed by atoms with Crippen molar-refractivity contribution in [1.29, 1.82) is 5.41 Å². The summed E-state index contributed by atoms with van der Waals surface area (Å²) in [5, 5.41) is 15.6. The highest BCUT2D eigenvalue weighted by molar-refractivity contribution is 9.10. The Balaban J connectivity index is 0.000000774. The monoisotopic (exact) mass is 368 g/mol. The molecule has 0 atom stereocenters. The molecule has 0 radical (unpaired) electrons. The second-order valence-corrected chi connectivity index (χ2v) is 5.82. The number of hydrogen-bond acceptors (Lipinski definition) is 3. The zero-order valence-corrected chi connectivity index (χ0v) is 14.4. The molecule has 1 aromatic carbocycles. The molecule has 0 aliphatic heterocycles. The number of hydrogen-bond donors (Lipinski definition) is 2. The van der Waals surface area contributed by atoms with E-state index in [0.29, 0.717) is 11.1 Å². The molecule has 6 heteroatoms. The largest absolute Gasteiger partial charge is 0.352 e. The lowest BCUT2D eigenvalue weighted by molar-refractivity contribution is 0.642. The summed E-state index contributed by atoms with van der Waals surface area (Å²) in [4.78, 5) is 0. The van der Waals surface area contributed by atoms with Crippen LogP contribution >= 0.6 is 27.5 Å². The number of nitrogens with zero attached hydrogens (tertiary/aromatic N) is 2. The van der Waals surface area contributed by atoms with Crippen molar-refractivity contribution in [2.75, 3.05) is 5.32 Å². The van der Waals surface area contributed by atoms with Crippen LogP contribution in [0.25, 0.3) is 0 Å². The van der Waals surface area contributed by atoms with Gasteiger partial charge in [-0.25, -0.2) is 0 Å². The van der Waals surface area contributed by atoms with Gasteiger partial charge >= 0.3 is 0 Å². The minimum absolute atomic E-state index is 0.565. The molecule has 1 heterocycles. The Kier molecular flexibility index (Phi) is 5.42. The average Bonchev–Trinajstić information content (AvgIpc) is 3.25. The summed E-state index contributed by atoms with van der Waals surface area (Å²) in [6.07, 6.45) is 7.49. The summed E-state index contributed by atoms with van der Waals surface area (Å²) in [6.45, 7) is 4.00. The van der Waals surface area contributed by atoms with Crippen molar-refractivity contribution in [2.45, 2.75) is 32.7 Å². The summed E-state index contributed by atoms with van der Waals surface area (Å²) >= 11 is 9.42. The highest BCUT2D eigenvalue weighted by Crippen LogP contribution is 2.35. The highest BCUT2D eigenvalue weighted by atomic mass is 79.9. The smallest absolute Gasteiger partial charge is 0.0770 e. The Morgan fingerprint density at radius 2 is 2.14 bits per heavy atom. The van der Waals surface area contributed by atoms with Gasteiger partial charge in [-0.05, 0) is 40.9 Å². The van der Waals surface area contributed by atoms with Crippen molar-refractivity contribution in [2.24, 2.45) is 0 Å². The number of halogens is 2. The molecule has 1 aromatic heterocycles. The zero-order chi connectivity index (χ0) is 15.4. The summed E-state index contributed by atoms with van der Waals surface area (Å²) in [7, 11) is 0. The van der Waals surface area contributed by atoms with Crippen LogP contribution in [0.5, 0.6) is 0 Å². The summed E-state index contributed by atoms with van der Waals surface area (Å²) in [5.41, 5.74) is 2.50. The molecule has 21 heavy (non-hydrogen) atoms. The fourth-order valence-corrected chi connectivity index (χ4v) is 2.40. The quantitative estimate of drug-likeness (QED) is 0.709. The molecule has 4 nitrogen and oxygen atoms in total. The predicted molar refractivity (Wildman–Crippen MR) is 92.2 cm³/mol. The Labute approximate surface area is 138 Å². The molecule has 3 rings (SSSR count). The van der Waals surface area contributed by atoms with E-state index in [-0.39, 0.29) is 0 Å². The van der Waals surface area contributed by atoms with Crippen molar-refractivity contribution in [3.8, 4) is 0 Å². The summed E-state index contributed by atoms with van der Waals surface area (Å²) < 4.78 is 2.79. The van der Waals surface area contributed by atoms with Gasteiger partial charge < -0.3 is 10.7 Å². The molecule has 0 bridgehead atoms. The lowest BCUT2D eigenvalue weighted by Crippen LogP contribution is -1.95. The van der Waals surface area contributed by atoms with E-state index in [1.807, 2.05) is 30.8 Å². The third-order valence-electron chi connectivity index (χ3n) is 3.05. The Bertz CT molecular complexity index is 635. The van der Waals surface area contributed by atoms with Crippen LogP contribution in [0.2, 0.25) is 5.02 Å². The van der Waals surface area contributed by atoms with Gasteiger partial charge in [0.05, 0.1) is 22.9 Å². The van der Waals surface area contributed by atoms with Gasteiger partial charge in [0.1, 0.15) is 0 Å². The number of rotatable bonds is 4. The first kappa shape index (κ1) is 16.0. The second-order valence-electron chi connectivity index (χ2n) is 4.56. The van der Waals surface area contributed by atoms with Crippen LogP contribution in [0, 0.1) is 5.41 Å². The van der Waals surface area contributed by atoms with E-state index in [0.717, 1.165) is 21.4 Å². The van der Waals surface area contributed by atoms with Crippen molar-refractivity contribution < 1.29 is 0 Å². The van der Waals surface area contributed by atoms with Crippen molar-refractivity contribution in [1.82, 2.24) is 9.78 Å². The average molecular weight is 370 g/mol. The number of nitrogens with one attached hydrogen (secondary N) is 2. The molecule has 2 aromatic rings. The zero-order valence-electron chi connectivity index (χ0n) is 12.0. The maximum absolute atomic E-state index is 7.44. The first-order valence-corrected chi connectivity index (χ1v) is 8.15. The molecule has 0 amide bonds. The van der Waals surface area contributed by atoms with Crippen LogP contribution in [0.1, 0.15) is 38.3 Å². The van der Waals surface area contributed by atoms with E-state index >= 15 is 0 Å². The highest BCUT2D eigenvalue weighted by Gasteiger charge is 2.24. The molecule has 1 fully saturated rings. The fraction of sp³-hybridized carbons (Fsp3) is 0.333. The third-order valence-corrected chi connectivity index (χ3v) is 4.25. The Morgan fingerprint density at radius 1 is 1.43 bits per heavy atom. The van der Waals surface area contributed by atoms with E-state index in [1.165, 1.54) is 19.1 Å². The standard InChI is InChI=1S/C13H12BrClN4.C2H6/c14-11-4-13(8(5-16)3-12(11)15)18-9-6-17-19(7-9)10-1-2-10;1-2/h3-7,10,16,18H,1-2H2;1-2H3. The summed E-state index contributed by atoms with van der Waals surface area (Å²) in [6, 6.07) is 4.19. The van der Waals surface area contributed by atoms with Gasteiger partial charge in [-0.1, -0.05) is 25.4 Å². The Hall–Kier alpha value is -1.33. The first-order valence-electron chi connectivity index (χ1n) is 6.98. The van der Waals surface area contributed by atoms with Gasteiger partial charge in [0, 0.05) is 28.1 Å². The van der Waals surface area contributed by atoms with E-state index in [9.17, 15) is 0 Å². The molecule has 0 saturated heterocycles. The lowest BCUT2D eigenvalue weighted by atomic mass is 10.2. The molecule has 112 valence electrons. The van der Waals surface area contributed by atoms with Crippen LogP contribution in [0.3, 0.4) is 0 Å². The predicted octanol–water partition coefficient (Wildman–Crippen LogP) is 5.40. The number of benzene rings is 1. The molecule has 0 spiro atoms. The minimum Gasteiger partial charge on any atom is -0.352 e. The lowest BCUT2D eigenvalue weighted by Gasteiger charge is -2.09. The number of aromatic nitrogens is 2. The van der Waals surface area contributed by atoms with E-state index in [1.54, 1.807) is 12.3 Å². The molecule has 1 saturated carbocycles. The third kappa shape index (κ3) is 3.86. The van der Waals surface area contributed by atoms with Crippen LogP contribution in [0.4, 0.5) is 11.4 Å². The number of anilines is 2. The molecular formula is C15H18BrClN4. The molecule has 0 unspecified atom stereocenters. The molecular weight excluding hydrogens is 352 g/mol. The van der Waals surface area contributed by atoms with Gasteiger partial charge in [-0.2, -0.15) is 5.10 Å². The van der Waals surface area contributed by atoms with Gasteiger partial charge in [0.15, 0.2) is 0 Å². The minimum atomic E-state index is 0.565. The van der Waals surface area contributed by atoms with Crippen LogP contribution < -0.4 is 5.32 Å². The molecule has 2 N–H and O–H groups in total.